The molecule has 2 heterocycles. The fraction of sp³-hybridized carbons (Fsp3) is 0.562. The van der Waals surface area contributed by atoms with Crippen LogP contribution in [0.1, 0.15) is 31.0 Å². The first-order valence-corrected chi connectivity index (χ1v) is 7.97. The van der Waals surface area contributed by atoms with Gasteiger partial charge in [0.1, 0.15) is 11.3 Å². The number of aromatic nitrogens is 2. The van der Waals surface area contributed by atoms with E-state index in [0.29, 0.717) is 11.4 Å². The summed E-state index contributed by atoms with van der Waals surface area (Å²) in [4.78, 5) is 6.80. The van der Waals surface area contributed by atoms with E-state index in [1.165, 1.54) is 18.9 Å². The summed E-state index contributed by atoms with van der Waals surface area (Å²) in [6.07, 6.45) is 2.42. The molecule has 2 atom stereocenters. The third kappa shape index (κ3) is 2.92. The SMILES string of the molecule is CC(Cl)c1nc2c(F)cccc2n1CC1CCCN(C)C1. The second-order valence-electron chi connectivity index (χ2n) is 6.07. The molecule has 3 nitrogen and oxygen atoms in total. The Balaban J connectivity index is 1.99. The predicted octanol–water partition coefficient (Wildman–Crippen LogP) is 3.82. The van der Waals surface area contributed by atoms with Crippen molar-refractivity contribution in [2.24, 2.45) is 5.92 Å². The molecule has 1 fully saturated rings. The molecule has 0 amide bonds. The largest absolute Gasteiger partial charge is 0.326 e. The van der Waals surface area contributed by atoms with E-state index >= 15 is 0 Å². The number of para-hydroxylation sites is 1. The van der Waals surface area contributed by atoms with E-state index in [2.05, 4.69) is 21.5 Å². The van der Waals surface area contributed by atoms with E-state index in [1.807, 2.05) is 13.0 Å². The molecule has 0 bridgehead atoms. The summed E-state index contributed by atoms with van der Waals surface area (Å²) in [5.41, 5.74) is 1.29. The Hall–Kier alpha value is -1.13. The van der Waals surface area contributed by atoms with Crippen molar-refractivity contribution in [1.29, 1.82) is 0 Å². The van der Waals surface area contributed by atoms with Crippen molar-refractivity contribution >= 4 is 22.6 Å². The molecule has 2 unspecified atom stereocenters. The lowest BCUT2D eigenvalue weighted by Gasteiger charge is -2.30. The molecule has 21 heavy (non-hydrogen) atoms. The number of fused-ring (bicyclic) bond motifs is 1. The van der Waals surface area contributed by atoms with Gasteiger partial charge in [-0.15, -0.1) is 11.6 Å². The third-order valence-corrected chi connectivity index (χ3v) is 4.47. The minimum absolute atomic E-state index is 0.224. The maximum Gasteiger partial charge on any atom is 0.151 e. The quantitative estimate of drug-likeness (QED) is 0.804. The Morgan fingerprint density at radius 2 is 2.29 bits per heavy atom. The number of imidazole rings is 1. The van der Waals surface area contributed by atoms with Crippen LogP contribution in [-0.4, -0.2) is 34.6 Å². The number of alkyl halides is 1. The van der Waals surface area contributed by atoms with Crippen molar-refractivity contribution in [1.82, 2.24) is 14.5 Å². The van der Waals surface area contributed by atoms with E-state index < -0.39 is 0 Å². The minimum Gasteiger partial charge on any atom is -0.326 e. The second kappa shape index (κ2) is 5.93. The number of piperidine rings is 1. The van der Waals surface area contributed by atoms with E-state index in [-0.39, 0.29) is 11.2 Å². The topological polar surface area (TPSA) is 21.1 Å². The predicted molar refractivity (Wildman–Crippen MR) is 84.2 cm³/mol. The molecule has 114 valence electrons. The monoisotopic (exact) mass is 309 g/mol. The van der Waals surface area contributed by atoms with Crippen LogP contribution < -0.4 is 0 Å². The van der Waals surface area contributed by atoms with Gasteiger partial charge in [0.25, 0.3) is 0 Å². The van der Waals surface area contributed by atoms with Gasteiger partial charge in [0.05, 0.1) is 10.9 Å². The number of hydrogen-bond acceptors (Lipinski definition) is 2. The number of nitrogens with zero attached hydrogens (tertiary/aromatic N) is 3. The maximum atomic E-state index is 14.0. The lowest BCUT2D eigenvalue weighted by molar-refractivity contribution is 0.194. The fourth-order valence-electron chi connectivity index (χ4n) is 3.31. The highest BCUT2D eigenvalue weighted by molar-refractivity contribution is 6.20. The van der Waals surface area contributed by atoms with E-state index in [0.717, 1.165) is 31.0 Å². The first kappa shape index (κ1) is 14.8. The van der Waals surface area contributed by atoms with E-state index in [9.17, 15) is 4.39 Å². The smallest absolute Gasteiger partial charge is 0.151 e. The summed E-state index contributed by atoms with van der Waals surface area (Å²) < 4.78 is 16.1. The van der Waals surface area contributed by atoms with Gasteiger partial charge >= 0.3 is 0 Å². The van der Waals surface area contributed by atoms with Crippen molar-refractivity contribution in [2.45, 2.75) is 31.7 Å². The number of rotatable bonds is 3. The number of hydrogen-bond donors (Lipinski definition) is 0. The van der Waals surface area contributed by atoms with Gasteiger partial charge in [-0.1, -0.05) is 6.07 Å². The number of likely N-dealkylation sites (tertiary alicyclic amines) is 1. The van der Waals surface area contributed by atoms with Gasteiger partial charge in [-0.2, -0.15) is 0 Å². The zero-order valence-corrected chi connectivity index (χ0v) is 13.3. The molecule has 1 saturated heterocycles. The molecular formula is C16H21ClFN3. The molecule has 0 aliphatic carbocycles. The molecule has 1 aromatic heterocycles. The lowest BCUT2D eigenvalue weighted by Crippen LogP contribution is -2.34. The lowest BCUT2D eigenvalue weighted by atomic mass is 9.98. The van der Waals surface area contributed by atoms with E-state index in [1.54, 1.807) is 6.07 Å². The number of halogens is 2. The average molecular weight is 310 g/mol. The highest BCUT2D eigenvalue weighted by atomic mass is 35.5. The molecule has 5 heteroatoms. The molecule has 0 saturated carbocycles. The zero-order chi connectivity index (χ0) is 15.0. The normalized spacial score (nSPS) is 21.8. The molecule has 1 aliphatic rings. The molecule has 0 radical (unpaired) electrons. The van der Waals surface area contributed by atoms with Crippen LogP contribution in [0.5, 0.6) is 0 Å². The Kier molecular flexibility index (Phi) is 4.18. The van der Waals surface area contributed by atoms with Crippen molar-refractivity contribution in [2.75, 3.05) is 20.1 Å². The summed E-state index contributed by atoms with van der Waals surface area (Å²) in [5.74, 6) is 1.06. The van der Waals surface area contributed by atoms with Gasteiger partial charge in [-0.05, 0) is 51.4 Å². The third-order valence-electron chi connectivity index (χ3n) is 4.28. The summed E-state index contributed by atoms with van der Waals surface area (Å²) in [7, 11) is 2.16. The molecule has 1 aliphatic heterocycles. The van der Waals surface area contributed by atoms with Crippen LogP contribution >= 0.6 is 11.6 Å². The van der Waals surface area contributed by atoms with Crippen LogP contribution in [0.4, 0.5) is 4.39 Å². The molecule has 2 aromatic rings. The highest BCUT2D eigenvalue weighted by Gasteiger charge is 2.22. The summed E-state index contributed by atoms with van der Waals surface area (Å²) in [6, 6.07) is 5.13. The van der Waals surface area contributed by atoms with Gasteiger partial charge in [0.2, 0.25) is 0 Å². The second-order valence-corrected chi connectivity index (χ2v) is 6.73. The Labute approximate surface area is 129 Å². The van der Waals surface area contributed by atoms with Crippen LogP contribution in [0.3, 0.4) is 0 Å². The molecule has 1 aromatic carbocycles. The van der Waals surface area contributed by atoms with Crippen LogP contribution in [0, 0.1) is 11.7 Å². The minimum atomic E-state index is -0.273. The van der Waals surface area contributed by atoms with E-state index in [4.69, 9.17) is 11.6 Å². The first-order valence-electron chi connectivity index (χ1n) is 7.53. The van der Waals surface area contributed by atoms with Gasteiger partial charge < -0.3 is 9.47 Å². The molecule has 0 N–H and O–H groups in total. The number of benzene rings is 1. The Morgan fingerprint density at radius 1 is 1.48 bits per heavy atom. The summed E-state index contributed by atoms with van der Waals surface area (Å²) in [6.45, 7) is 4.99. The van der Waals surface area contributed by atoms with Gasteiger partial charge in [0, 0.05) is 13.1 Å². The summed E-state index contributed by atoms with van der Waals surface area (Å²) >= 11 is 6.26. The van der Waals surface area contributed by atoms with Crippen molar-refractivity contribution in [3.8, 4) is 0 Å². The van der Waals surface area contributed by atoms with Crippen LogP contribution in [0.15, 0.2) is 18.2 Å². The Bertz CT molecular complexity index is 638. The van der Waals surface area contributed by atoms with Crippen molar-refractivity contribution in [3.05, 3.63) is 29.8 Å². The molecule has 3 rings (SSSR count). The summed E-state index contributed by atoms with van der Waals surface area (Å²) in [5, 5.41) is -0.224. The maximum absolute atomic E-state index is 14.0. The van der Waals surface area contributed by atoms with Gasteiger partial charge in [-0.3, -0.25) is 0 Å². The zero-order valence-electron chi connectivity index (χ0n) is 12.5. The van der Waals surface area contributed by atoms with Gasteiger partial charge in [0.15, 0.2) is 5.82 Å². The average Bonchev–Trinajstić information content (AvgIpc) is 2.80. The van der Waals surface area contributed by atoms with Gasteiger partial charge in [-0.25, -0.2) is 9.37 Å². The standard InChI is InChI=1S/C16H21ClFN3/c1-11(17)16-19-15-13(18)6-3-7-14(15)21(16)10-12-5-4-8-20(2)9-12/h3,6-7,11-12H,4-5,8-10H2,1-2H3. The van der Waals surface area contributed by atoms with Crippen LogP contribution in [0.25, 0.3) is 11.0 Å². The first-order chi connectivity index (χ1) is 10.1. The highest BCUT2D eigenvalue weighted by Crippen LogP contribution is 2.28. The Morgan fingerprint density at radius 3 is 3.00 bits per heavy atom. The van der Waals surface area contributed by atoms with Crippen molar-refractivity contribution < 1.29 is 4.39 Å². The molecular weight excluding hydrogens is 289 g/mol. The van der Waals surface area contributed by atoms with Crippen molar-refractivity contribution in [3.63, 3.8) is 0 Å². The van der Waals surface area contributed by atoms with Crippen LogP contribution in [-0.2, 0) is 6.54 Å². The van der Waals surface area contributed by atoms with Crippen LogP contribution in [0.2, 0.25) is 0 Å². The fourth-order valence-corrected chi connectivity index (χ4v) is 3.47. The molecule has 0 spiro atoms.